The lowest BCUT2D eigenvalue weighted by Gasteiger charge is -2.24. The van der Waals surface area contributed by atoms with Crippen molar-refractivity contribution in [3.05, 3.63) is 69.3 Å². The van der Waals surface area contributed by atoms with Crippen molar-refractivity contribution in [3.8, 4) is 0 Å². The van der Waals surface area contributed by atoms with E-state index in [9.17, 15) is 24.3 Å². The number of aromatic nitrogens is 1. The van der Waals surface area contributed by atoms with Gasteiger partial charge in [0.1, 0.15) is 17.5 Å². The molecule has 3 heterocycles. The molecule has 208 valence electrons. The van der Waals surface area contributed by atoms with E-state index in [0.717, 1.165) is 24.0 Å². The number of ether oxygens (including phenoxy) is 1. The summed E-state index contributed by atoms with van der Waals surface area (Å²) in [5.74, 6) is -2.07. The molecule has 1 unspecified atom stereocenters. The van der Waals surface area contributed by atoms with Gasteiger partial charge >= 0.3 is 12.1 Å². The Morgan fingerprint density at radius 2 is 1.85 bits per heavy atom. The molecule has 0 radical (unpaired) electrons. The second-order valence-corrected chi connectivity index (χ2v) is 10.6. The molecule has 10 nitrogen and oxygen atoms in total. The van der Waals surface area contributed by atoms with Crippen LogP contribution in [0.25, 0.3) is 10.9 Å². The minimum atomic E-state index is -1.32. The molecule has 1 aliphatic carbocycles. The maximum Gasteiger partial charge on any atom is 0.414 e. The number of nitrogens with zero attached hydrogens (tertiary/aromatic N) is 3. The second kappa shape index (κ2) is 9.96. The summed E-state index contributed by atoms with van der Waals surface area (Å²) in [7, 11) is 0. The Kier molecular flexibility index (Phi) is 6.44. The predicted molar refractivity (Wildman–Crippen MR) is 146 cm³/mol. The molecule has 1 atom stereocenters. The van der Waals surface area contributed by atoms with E-state index in [1.54, 1.807) is 15.5 Å². The second-order valence-electron chi connectivity index (χ2n) is 10.6. The Morgan fingerprint density at radius 3 is 2.55 bits per heavy atom. The van der Waals surface area contributed by atoms with E-state index in [2.05, 4.69) is 5.32 Å². The first-order chi connectivity index (χ1) is 19.2. The van der Waals surface area contributed by atoms with E-state index in [1.165, 1.54) is 19.2 Å². The number of carboxylic acid groups (broad SMARTS) is 1. The molecule has 2 N–H and O–H groups in total. The number of hydrogen-bond donors (Lipinski definition) is 2. The van der Waals surface area contributed by atoms with Crippen LogP contribution >= 0.6 is 0 Å². The number of carbonyl (C=O) groups excluding carboxylic acids is 2. The number of fused-ring (bicyclic) bond motifs is 2. The molecule has 2 fully saturated rings. The van der Waals surface area contributed by atoms with Crippen molar-refractivity contribution in [1.29, 1.82) is 0 Å². The number of benzene rings is 2. The smallest absolute Gasteiger partial charge is 0.414 e. The van der Waals surface area contributed by atoms with E-state index in [0.29, 0.717) is 49.4 Å². The highest BCUT2D eigenvalue weighted by atomic mass is 19.1. The standard InChI is InChI=1S/C29H29FN4O6/c1-16(35)31-13-21-14-34(29(39)40-21)20-3-2-17-6-8-32(9-7-18(17)10-20)26-12-25-22(11-24(26)30)27(36)23(28(37)38)15-33(25)19-4-5-19/h2-3,10-12,15,19,21H,4-9,13-14H2,1H3,(H,31,35)(H,37,38). The molecule has 11 heteroatoms. The highest BCUT2D eigenvalue weighted by molar-refractivity contribution is 5.94. The number of amides is 2. The van der Waals surface area contributed by atoms with Crippen molar-refractivity contribution in [3.63, 3.8) is 0 Å². The quantitative estimate of drug-likeness (QED) is 0.485. The molecule has 2 amide bonds. The van der Waals surface area contributed by atoms with Gasteiger partial charge in [0.15, 0.2) is 0 Å². The largest absolute Gasteiger partial charge is 0.477 e. The molecule has 1 aromatic heterocycles. The average molecular weight is 549 g/mol. The number of anilines is 2. The fourth-order valence-corrected chi connectivity index (χ4v) is 5.62. The zero-order valence-corrected chi connectivity index (χ0v) is 22.0. The summed E-state index contributed by atoms with van der Waals surface area (Å²) < 4.78 is 22.7. The summed E-state index contributed by atoms with van der Waals surface area (Å²) >= 11 is 0. The van der Waals surface area contributed by atoms with E-state index in [1.807, 2.05) is 23.1 Å². The topological polar surface area (TPSA) is 121 Å². The van der Waals surface area contributed by atoms with Crippen LogP contribution in [0.4, 0.5) is 20.6 Å². The summed E-state index contributed by atoms with van der Waals surface area (Å²) in [5.41, 5.74) is 2.76. The van der Waals surface area contributed by atoms with Crippen LogP contribution in [0.5, 0.6) is 0 Å². The number of hydrogen-bond acceptors (Lipinski definition) is 6. The highest BCUT2D eigenvalue weighted by Crippen LogP contribution is 2.38. The third-order valence-electron chi connectivity index (χ3n) is 7.87. The Morgan fingerprint density at radius 1 is 1.10 bits per heavy atom. The molecular weight excluding hydrogens is 519 g/mol. The zero-order chi connectivity index (χ0) is 28.1. The van der Waals surface area contributed by atoms with Crippen LogP contribution in [0, 0.1) is 5.82 Å². The van der Waals surface area contributed by atoms with Crippen molar-refractivity contribution in [2.45, 2.75) is 44.8 Å². The van der Waals surface area contributed by atoms with Crippen molar-refractivity contribution in [2.75, 3.05) is 36.0 Å². The minimum absolute atomic E-state index is 0.0742. The fraction of sp³-hybridized carbons (Fsp3) is 0.379. The van der Waals surface area contributed by atoms with Crippen LogP contribution in [0.1, 0.15) is 47.3 Å². The molecule has 2 aromatic carbocycles. The lowest BCUT2D eigenvalue weighted by Crippen LogP contribution is -2.33. The van der Waals surface area contributed by atoms with E-state index in [-0.39, 0.29) is 29.4 Å². The molecule has 1 saturated carbocycles. The number of aromatic carboxylic acids is 1. The minimum Gasteiger partial charge on any atom is -0.477 e. The van der Waals surface area contributed by atoms with Gasteiger partial charge in [-0.15, -0.1) is 0 Å². The van der Waals surface area contributed by atoms with Crippen LogP contribution in [-0.2, 0) is 22.4 Å². The maximum absolute atomic E-state index is 15.5. The number of rotatable bonds is 6. The van der Waals surface area contributed by atoms with Gasteiger partial charge in [-0.1, -0.05) is 6.07 Å². The van der Waals surface area contributed by atoms with Gasteiger partial charge in [0.05, 0.1) is 24.3 Å². The number of halogens is 1. The molecule has 3 aliphatic rings. The van der Waals surface area contributed by atoms with Crippen LogP contribution in [0.3, 0.4) is 0 Å². The summed E-state index contributed by atoms with van der Waals surface area (Å²) in [6.07, 6.45) is 3.53. The van der Waals surface area contributed by atoms with E-state index in [4.69, 9.17) is 4.74 Å². The lowest BCUT2D eigenvalue weighted by molar-refractivity contribution is -0.119. The fourth-order valence-electron chi connectivity index (χ4n) is 5.62. The van der Waals surface area contributed by atoms with Gasteiger partial charge in [-0.25, -0.2) is 14.0 Å². The molecule has 0 bridgehead atoms. The number of pyridine rings is 1. The Balaban J connectivity index is 1.25. The summed E-state index contributed by atoms with van der Waals surface area (Å²) in [5, 5.41) is 12.2. The normalized spacial score (nSPS) is 18.9. The summed E-state index contributed by atoms with van der Waals surface area (Å²) in [4.78, 5) is 51.7. The predicted octanol–water partition coefficient (Wildman–Crippen LogP) is 3.24. The van der Waals surface area contributed by atoms with Gasteiger partial charge in [-0.2, -0.15) is 0 Å². The van der Waals surface area contributed by atoms with Gasteiger partial charge in [0.2, 0.25) is 11.3 Å². The number of carboxylic acids is 1. The number of nitrogens with one attached hydrogen (secondary N) is 1. The van der Waals surface area contributed by atoms with Crippen molar-refractivity contribution >= 4 is 40.2 Å². The van der Waals surface area contributed by atoms with Gasteiger partial charge in [-0.05, 0) is 61.1 Å². The Bertz CT molecular complexity index is 1610. The van der Waals surface area contributed by atoms with E-state index >= 15 is 4.39 Å². The average Bonchev–Trinajstić information content (AvgIpc) is 3.72. The van der Waals surface area contributed by atoms with Gasteiger partial charge in [0, 0.05) is 43.3 Å². The first kappa shape index (κ1) is 25.8. The Labute approximate surface area is 228 Å². The molecule has 3 aromatic rings. The molecule has 0 spiro atoms. The molecular formula is C29H29FN4O6. The number of carbonyl (C=O) groups is 3. The SMILES string of the molecule is CC(=O)NCC1CN(c2ccc3c(c2)CCN(c2cc4c(cc2F)c(=O)c(C(=O)O)cn4C2CC2)CC3)C(=O)O1. The molecule has 1 saturated heterocycles. The van der Waals surface area contributed by atoms with Gasteiger partial charge in [0.25, 0.3) is 0 Å². The third kappa shape index (κ3) is 4.76. The molecule has 40 heavy (non-hydrogen) atoms. The van der Waals surface area contributed by atoms with Crippen molar-refractivity contribution < 1.29 is 28.6 Å². The summed E-state index contributed by atoms with van der Waals surface area (Å²) in [6.45, 7) is 3.07. The Hall–Kier alpha value is -4.41. The number of cyclic esters (lactones) is 1. The van der Waals surface area contributed by atoms with Gasteiger partial charge in [-0.3, -0.25) is 14.5 Å². The van der Waals surface area contributed by atoms with Gasteiger partial charge < -0.3 is 24.6 Å². The van der Waals surface area contributed by atoms with Crippen LogP contribution in [0.2, 0.25) is 0 Å². The first-order valence-corrected chi connectivity index (χ1v) is 13.4. The first-order valence-electron chi connectivity index (χ1n) is 13.4. The van der Waals surface area contributed by atoms with E-state index < -0.39 is 29.4 Å². The third-order valence-corrected chi connectivity index (χ3v) is 7.87. The lowest BCUT2D eigenvalue weighted by atomic mass is 10.0. The highest BCUT2D eigenvalue weighted by Gasteiger charge is 2.33. The van der Waals surface area contributed by atoms with Crippen LogP contribution in [0.15, 0.2) is 41.3 Å². The summed E-state index contributed by atoms with van der Waals surface area (Å²) in [6, 6.07) is 8.77. The maximum atomic E-state index is 15.5. The van der Waals surface area contributed by atoms with Crippen LogP contribution in [-0.4, -0.2) is 59.9 Å². The molecule has 6 rings (SSSR count). The van der Waals surface area contributed by atoms with Crippen molar-refractivity contribution in [1.82, 2.24) is 9.88 Å². The zero-order valence-electron chi connectivity index (χ0n) is 22.0. The molecule has 2 aliphatic heterocycles. The van der Waals surface area contributed by atoms with Crippen molar-refractivity contribution in [2.24, 2.45) is 0 Å². The van der Waals surface area contributed by atoms with Crippen LogP contribution < -0.4 is 20.5 Å². The monoisotopic (exact) mass is 548 g/mol.